The van der Waals surface area contributed by atoms with Crippen LogP contribution in [0.15, 0.2) is 42.7 Å². The lowest BCUT2D eigenvalue weighted by Crippen LogP contribution is -2.43. The molecule has 21 heavy (non-hydrogen) atoms. The van der Waals surface area contributed by atoms with Gasteiger partial charge in [0.1, 0.15) is 0 Å². The summed E-state index contributed by atoms with van der Waals surface area (Å²) < 4.78 is 0. The highest BCUT2D eigenvalue weighted by Crippen LogP contribution is 2.29. The molecular formula is C15H17N3O3. The average Bonchev–Trinajstić information content (AvgIpc) is 2.49. The number of aromatic nitrogens is 1. The van der Waals surface area contributed by atoms with E-state index in [1.807, 2.05) is 0 Å². The van der Waals surface area contributed by atoms with Gasteiger partial charge in [-0.1, -0.05) is 0 Å². The van der Waals surface area contributed by atoms with Crippen molar-refractivity contribution >= 4 is 11.6 Å². The summed E-state index contributed by atoms with van der Waals surface area (Å²) in [5.74, 6) is -0.799. The molecule has 2 rings (SSSR count). The fourth-order valence-electron chi connectivity index (χ4n) is 1.96. The molecule has 6 heteroatoms. The predicted octanol–water partition coefficient (Wildman–Crippen LogP) is 1.03. The van der Waals surface area contributed by atoms with Crippen molar-refractivity contribution in [1.29, 1.82) is 0 Å². The summed E-state index contributed by atoms with van der Waals surface area (Å²) in [5.41, 5.74) is 7.31. The van der Waals surface area contributed by atoms with Crippen molar-refractivity contribution in [3.05, 3.63) is 48.3 Å². The molecule has 2 aromatic rings. The van der Waals surface area contributed by atoms with Gasteiger partial charge in [0, 0.05) is 31.2 Å². The molecule has 0 radical (unpaired) electrons. The molecule has 0 fully saturated rings. The molecule has 0 saturated carbocycles. The first-order chi connectivity index (χ1) is 9.99. The molecule has 0 spiro atoms. The van der Waals surface area contributed by atoms with Crippen LogP contribution in [-0.4, -0.2) is 34.2 Å². The van der Waals surface area contributed by atoms with Gasteiger partial charge in [-0.25, -0.2) is 0 Å². The third-order valence-corrected chi connectivity index (χ3v) is 3.20. The number of rotatable bonds is 4. The van der Waals surface area contributed by atoms with E-state index in [4.69, 9.17) is 5.73 Å². The van der Waals surface area contributed by atoms with E-state index in [1.54, 1.807) is 31.6 Å². The second kappa shape index (κ2) is 6.23. The summed E-state index contributed by atoms with van der Waals surface area (Å²) in [7, 11) is 1.57. The quantitative estimate of drug-likeness (QED) is 0.729. The molecule has 0 unspecified atom stereocenters. The van der Waals surface area contributed by atoms with Gasteiger partial charge >= 0.3 is 0 Å². The number of carbonyl (C=O) groups is 1. The monoisotopic (exact) mass is 287 g/mol. The number of hydrogen-bond donors (Lipinski definition) is 3. The molecule has 0 aliphatic heterocycles. The highest BCUT2D eigenvalue weighted by molar-refractivity contribution is 5.97. The van der Waals surface area contributed by atoms with E-state index in [0.717, 1.165) is 5.56 Å². The van der Waals surface area contributed by atoms with Gasteiger partial charge in [-0.2, -0.15) is 0 Å². The number of nitrogens with two attached hydrogens (primary N) is 1. The Bertz CT molecular complexity index is 631. The van der Waals surface area contributed by atoms with Gasteiger partial charge in [-0.05, 0) is 36.2 Å². The topological polar surface area (TPSA) is 99.7 Å². The summed E-state index contributed by atoms with van der Waals surface area (Å²) in [6, 6.07) is 7.08. The highest BCUT2D eigenvalue weighted by Gasteiger charge is 2.20. The summed E-state index contributed by atoms with van der Waals surface area (Å²) in [6.07, 6.45) is 3.69. The van der Waals surface area contributed by atoms with E-state index in [1.165, 1.54) is 23.1 Å². The Labute approximate surface area is 122 Å². The van der Waals surface area contributed by atoms with Crippen LogP contribution in [-0.2, 0) is 11.2 Å². The van der Waals surface area contributed by atoms with Gasteiger partial charge in [-0.3, -0.25) is 9.78 Å². The molecular weight excluding hydrogens is 270 g/mol. The smallest absolute Gasteiger partial charge is 0.243 e. The molecule has 1 heterocycles. The zero-order valence-electron chi connectivity index (χ0n) is 11.6. The van der Waals surface area contributed by atoms with E-state index in [-0.39, 0.29) is 17.4 Å². The summed E-state index contributed by atoms with van der Waals surface area (Å²) in [6.45, 7) is 0. The van der Waals surface area contributed by atoms with Gasteiger partial charge in [0.05, 0.1) is 6.04 Å². The molecule has 110 valence electrons. The maximum absolute atomic E-state index is 12.3. The van der Waals surface area contributed by atoms with Crippen molar-refractivity contribution in [2.45, 2.75) is 12.5 Å². The van der Waals surface area contributed by atoms with Crippen molar-refractivity contribution in [3.8, 4) is 11.5 Å². The summed E-state index contributed by atoms with van der Waals surface area (Å²) in [4.78, 5) is 17.5. The maximum Gasteiger partial charge on any atom is 0.243 e. The second-order valence-electron chi connectivity index (χ2n) is 4.74. The van der Waals surface area contributed by atoms with Crippen molar-refractivity contribution in [3.63, 3.8) is 0 Å². The Hall–Kier alpha value is -2.60. The third kappa shape index (κ3) is 3.49. The predicted molar refractivity (Wildman–Crippen MR) is 79.1 cm³/mol. The van der Waals surface area contributed by atoms with Crippen LogP contribution in [0.3, 0.4) is 0 Å². The number of phenolic OH excluding ortho intramolecular Hbond substituents is 2. The van der Waals surface area contributed by atoms with Gasteiger partial charge in [0.2, 0.25) is 5.91 Å². The number of likely N-dealkylation sites (N-methyl/N-ethyl adjacent to an activating group) is 1. The molecule has 1 atom stereocenters. The van der Waals surface area contributed by atoms with E-state index < -0.39 is 6.04 Å². The fraction of sp³-hybridized carbons (Fsp3) is 0.200. The van der Waals surface area contributed by atoms with Gasteiger partial charge < -0.3 is 20.8 Å². The zero-order chi connectivity index (χ0) is 15.4. The number of nitrogens with zero attached hydrogens (tertiary/aromatic N) is 2. The highest BCUT2D eigenvalue weighted by atomic mass is 16.3. The van der Waals surface area contributed by atoms with Crippen LogP contribution in [0.4, 0.5) is 5.69 Å². The first kappa shape index (κ1) is 14.8. The number of benzene rings is 1. The largest absolute Gasteiger partial charge is 0.504 e. The first-order valence-corrected chi connectivity index (χ1v) is 6.43. The third-order valence-electron chi connectivity index (χ3n) is 3.20. The van der Waals surface area contributed by atoms with Gasteiger partial charge in [0.15, 0.2) is 11.5 Å². The van der Waals surface area contributed by atoms with Crippen molar-refractivity contribution in [1.82, 2.24) is 4.98 Å². The first-order valence-electron chi connectivity index (χ1n) is 6.43. The molecule has 0 aliphatic carbocycles. The summed E-state index contributed by atoms with van der Waals surface area (Å²) >= 11 is 0. The lowest BCUT2D eigenvalue weighted by Gasteiger charge is -2.21. The Kier molecular flexibility index (Phi) is 4.39. The number of pyridine rings is 1. The van der Waals surface area contributed by atoms with E-state index >= 15 is 0 Å². The van der Waals surface area contributed by atoms with Crippen LogP contribution in [0, 0.1) is 0 Å². The van der Waals surface area contributed by atoms with Crippen molar-refractivity contribution < 1.29 is 15.0 Å². The Morgan fingerprint density at radius 2 is 1.90 bits per heavy atom. The van der Waals surface area contributed by atoms with E-state index in [2.05, 4.69) is 4.98 Å². The molecule has 0 saturated heterocycles. The van der Waals surface area contributed by atoms with Gasteiger partial charge in [-0.15, -0.1) is 0 Å². The minimum atomic E-state index is -0.701. The number of carbonyl (C=O) groups excluding carboxylic acids is 1. The minimum Gasteiger partial charge on any atom is -0.504 e. The van der Waals surface area contributed by atoms with Crippen LogP contribution < -0.4 is 10.6 Å². The van der Waals surface area contributed by atoms with Gasteiger partial charge in [0.25, 0.3) is 0 Å². The second-order valence-corrected chi connectivity index (χ2v) is 4.74. The molecule has 4 N–H and O–H groups in total. The van der Waals surface area contributed by atoms with E-state index in [9.17, 15) is 15.0 Å². The number of phenols is 2. The van der Waals surface area contributed by atoms with Crippen LogP contribution in [0.1, 0.15) is 5.56 Å². The minimum absolute atomic E-state index is 0.235. The molecule has 0 aliphatic rings. The number of hydrogen-bond acceptors (Lipinski definition) is 5. The number of aromatic hydroxyl groups is 2. The van der Waals surface area contributed by atoms with Crippen LogP contribution in [0.5, 0.6) is 11.5 Å². The Morgan fingerprint density at radius 1 is 1.24 bits per heavy atom. The van der Waals surface area contributed by atoms with Crippen molar-refractivity contribution in [2.24, 2.45) is 5.73 Å². The Morgan fingerprint density at radius 3 is 2.52 bits per heavy atom. The molecule has 1 amide bonds. The molecule has 1 aromatic carbocycles. The zero-order valence-corrected chi connectivity index (χ0v) is 11.6. The number of amides is 1. The summed E-state index contributed by atoms with van der Waals surface area (Å²) in [5, 5.41) is 18.8. The number of anilines is 1. The van der Waals surface area contributed by atoms with Crippen molar-refractivity contribution in [2.75, 3.05) is 11.9 Å². The average molecular weight is 287 g/mol. The Balaban J connectivity index is 2.09. The molecule has 0 bridgehead atoms. The standard InChI is InChI=1S/C15H17N3O3/c1-18(11-2-3-13(19)14(20)9-11)15(21)12(16)8-10-4-6-17-7-5-10/h2-7,9,12,19-20H,8,16H2,1H3/t12-/m0/s1. The van der Waals surface area contributed by atoms with Crippen LogP contribution >= 0.6 is 0 Å². The van der Waals surface area contributed by atoms with E-state index in [0.29, 0.717) is 12.1 Å². The maximum atomic E-state index is 12.3. The van der Waals surface area contributed by atoms with Crippen LogP contribution in [0.25, 0.3) is 0 Å². The SMILES string of the molecule is CN(C(=O)[C@@H](N)Cc1ccncc1)c1ccc(O)c(O)c1. The fourth-order valence-corrected chi connectivity index (χ4v) is 1.96. The molecule has 1 aromatic heterocycles. The van der Waals surface area contributed by atoms with Crippen LogP contribution in [0.2, 0.25) is 0 Å². The lowest BCUT2D eigenvalue weighted by atomic mass is 10.1. The normalized spacial score (nSPS) is 11.9. The lowest BCUT2D eigenvalue weighted by molar-refractivity contribution is -0.119. The molecule has 6 nitrogen and oxygen atoms in total.